The Morgan fingerprint density at radius 1 is 1.03 bits per heavy atom. The summed E-state index contributed by atoms with van der Waals surface area (Å²) in [5.74, 6) is -4.74. The zero-order valence-electron chi connectivity index (χ0n) is 19.1. The molecule has 0 radical (unpaired) electrons. The first kappa shape index (κ1) is 24.9. The molecule has 1 N–H and O–H groups in total. The fourth-order valence-corrected chi connectivity index (χ4v) is 7.23. The van der Waals surface area contributed by atoms with E-state index in [1.165, 1.54) is 0 Å². The van der Waals surface area contributed by atoms with Gasteiger partial charge < -0.3 is 9.47 Å². The number of rotatable bonds is 6. The first-order chi connectivity index (χ1) is 17.5. The van der Waals surface area contributed by atoms with Gasteiger partial charge in [0.1, 0.15) is 6.10 Å². The van der Waals surface area contributed by atoms with Gasteiger partial charge in [-0.05, 0) is 46.7 Å². The molecule has 6 unspecified atom stereocenters. The highest BCUT2D eigenvalue weighted by atomic mass is 127. The van der Waals surface area contributed by atoms with Crippen molar-refractivity contribution in [3.8, 4) is 0 Å². The van der Waals surface area contributed by atoms with Crippen LogP contribution in [0.3, 0.4) is 0 Å². The van der Waals surface area contributed by atoms with Crippen LogP contribution in [0.4, 0.5) is 8.78 Å². The number of halogens is 3. The Labute approximate surface area is 225 Å². The average molecular weight is 642 g/mol. The van der Waals surface area contributed by atoms with Crippen LogP contribution >= 0.6 is 22.6 Å². The monoisotopic (exact) mass is 642 g/mol. The minimum Gasteiger partial charge on any atom is -0.458 e. The van der Waals surface area contributed by atoms with Gasteiger partial charge in [0, 0.05) is 9.84 Å². The molecular weight excluding hydrogens is 621 g/mol. The van der Waals surface area contributed by atoms with E-state index in [0.717, 1.165) is 34.2 Å². The fourth-order valence-electron chi connectivity index (χ4n) is 6.42. The third-order valence-corrected chi connectivity index (χ3v) is 9.82. The first-order valence-corrected chi connectivity index (χ1v) is 14.4. The molecular formula is C26H21F2IO7S. The highest BCUT2D eigenvalue weighted by Gasteiger charge is 2.73. The number of carbonyl (C=O) groups excluding carboxylic acids is 2. The molecule has 6 atom stereocenters. The molecule has 0 aliphatic heterocycles. The van der Waals surface area contributed by atoms with Crippen molar-refractivity contribution < 1.29 is 40.8 Å². The summed E-state index contributed by atoms with van der Waals surface area (Å²) in [6.07, 6.45) is 4.72. The number of ether oxygens (including phenoxy) is 2. The normalized spacial score (nSPS) is 30.8. The molecule has 37 heavy (non-hydrogen) atoms. The summed E-state index contributed by atoms with van der Waals surface area (Å²) < 4.78 is 69.9. The number of carbonyl (C=O) groups is 2. The van der Waals surface area contributed by atoms with Crippen LogP contribution in [0.15, 0.2) is 54.6 Å². The summed E-state index contributed by atoms with van der Waals surface area (Å²) in [6.45, 7) is -1.86. The van der Waals surface area contributed by atoms with E-state index in [2.05, 4.69) is 22.6 Å². The minimum absolute atomic E-state index is 0.325. The second-order valence-electron chi connectivity index (χ2n) is 9.82. The molecule has 0 aromatic heterocycles. The van der Waals surface area contributed by atoms with Crippen molar-refractivity contribution in [1.29, 1.82) is 0 Å². The molecule has 7 rings (SSSR count). The van der Waals surface area contributed by atoms with E-state index in [9.17, 15) is 26.8 Å². The summed E-state index contributed by atoms with van der Waals surface area (Å²) in [5.41, 5.74) is 3.35. The minimum atomic E-state index is -5.80. The molecule has 0 fully saturated rings. The summed E-state index contributed by atoms with van der Waals surface area (Å²) >= 11 is 2.29. The Morgan fingerprint density at radius 3 is 2.43 bits per heavy atom. The van der Waals surface area contributed by atoms with Gasteiger partial charge in [0.15, 0.2) is 6.61 Å². The van der Waals surface area contributed by atoms with Crippen LogP contribution in [0.25, 0.3) is 0 Å². The van der Waals surface area contributed by atoms with E-state index >= 15 is 0 Å². The van der Waals surface area contributed by atoms with E-state index in [1.54, 1.807) is 6.07 Å². The molecule has 2 aromatic carbocycles. The van der Waals surface area contributed by atoms with Gasteiger partial charge in [0.2, 0.25) is 0 Å². The third kappa shape index (κ3) is 3.53. The molecule has 0 saturated heterocycles. The van der Waals surface area contributed by atoms with Crippen LogP contribution in [-0.4, -0.2) is 46.8 Å². The largest absolute Gasteiger partial charge is 0.458 e. The second kappa shape index (κ2) is 8.31. The number of allylic oxidation sites excluding steroid dienone is 1. The standard InChI is InChI=1S/C26H21F2IO7S/c27-25(28,37(32,33)34)12-35-23(30)20-19-15-4-1-2-6-17(15)26(18-7-3-5-16(19)21(18)26)22(20)24(31)36-14-10-8-13(29)9-11-14/h1-8,10,13-14,19-20,22H,9,11-12H2,(H,32,33,34). The highest BCUT2D eigenvalue weighted by molar-refractivity contribution is 14.1. The Kier molecular flexibility index (Phi) is 5.60. The van der Waals surface area contributed by atoms with Crippen molar-refractivity contribution >= 4 is 44.6 Å². The van der Waals surface area contributed by atoms with Crippen molar-refractivity contribution in [3.05, 3.63) is 82.4 Å². The van der Waals surface area contributed by atoms with Gasteiger partial charge in [-0.3, -0.25) is 14.1 Å². The molecule has 7 nitrogen and oxygen atoms in total. The van der Waals surface area contributed by atoms with E-state index in [-0.39, 0.29) is 0 Å². The number of hydrogen-bond donors (Lipinski definition) is 1. The number of esters is 2. The SMILES string of the molecule is O=C(OCC(F)(F)S(=O)(=O)O)C1C2c3ccccc3C3(c4cccc2c43)C1C(=O)OC1C=CC(I)CC1. The maximum absolute atomic E-state index is 13.9. The molecule has 2 bridgehead atoms. The van der Waals surface area contributed by atoms with Crippen LogP contribution in [0.1, 0.15) is 46.6 Å². The van der Waals surface area contributed by atoms with Gasteiger partial charge >= 0.3 is 27.3 Å². The maximum Gasteiger partial charge on any atom is 0.402 e. The topological polar surface area (TPSA) is 107 Å². The van der Waals surface area contributed by atoms with E-state index in [1.807, 2.05) is 48.6 Å². The number of alkyl halides is 3. The molecule has 0 heterocycles. The number of benzene rings is 2. The Hall–Kier alpha value is -2.38. The number of hydrogen-bond acceptors (Lipinski definition) is 6. The van der Waals surface area contributed by atoms with E-state index in [0.29, 0.717) is 10.3 Å². The van der Waals surface area contributed by atoms with Gasteiger partial charge in [0.25, 0.3) is 0 Å². The second-order valence-corrected chi connectivity index (χ2v) is 13.0. The lowest BCUT2D eigenvalue weighted by atomic mass is 9.55. The Morgan fingerprint density at radius 2 is 1.73 bits per heavy atom. The first-order valence-electron chi connectivity index (χ1n) is 11.8. The summed E-state index contributed by atoms with van der Waals surface area (Å²) in [4.78, 5) is 27.3. The van der Waals surface area contributed by atoms with Crippen molar-refractivity contribution in [1.82, 2.24) is 0 Å². The van der Waals surface area contributed by atoms with E-state index < -0.39 is 63.2 Å². The van der Waals surface area contributed by atoms with Crippen LogP contribution < -0.4 is 0 Å². The highest BCUT2D eigenvalue weighted by Crippen LogP contribution is 2.73. The van der Waals surface area contributed by atoms with Gasteiger partial charge in [-0.1, -0.05) is 71.1 Å². The molecule has 11 heteroatoms. The van der Waals surface area contributed by atoms with Gasteiger partial charge in [-0.2, -0.15) is 17.2 Å². The predicted molar refractivity (Wildman–Crippen MR) is 135 cm³/mol. The lowest BCUT2D eigenvalue weighted by molar-refractivity contribution is -0.169. The van der Waals surface area contributed by atoms with Crippen molar-refractivity contribution in [2.75, 3.05) is 6.61 Å². The lowest BCUT2D eigenvalue weighted by Crippen LogP contribution is -2.52. The molecule has 5 aliphatic carbocycles. The molecule has 0 saturated carbocycles. The predicted octanol–water partition coefficient (Wildman–Crippen LogP) is 4.11. The number of fused-ring (bicyclic) bond motifs is 1. The molecule has 2 aromatic rings. The summed E-state index contributed by atoms with van der Waals surface area (Å²) in [5, 5.41) is -4.69. The third-order valence-electron chi connectivity index (χ3n) is 7.91. The van der Waals surface area contributed by atoms with Crippen LogP contribution in [0.5, 0.6) is 0 Å². The summed E-state index contributed by atoms with van der Waals surface area (Å²) in [6, 6.07) is 13.0. The van der Waals surface area contributed by atoms with Crippen molar-refractivity contribution in [3.63, 3.8) is 0 Å². The van der Waals surface area contributed by atoms with Crippen LogP contribution in [0.2, 0.25) is 0 Å². The quantitative estimate of drug-likeness (QED) is 0.166. The maximum atomic E-state index is 13.9. The molecule has 0 amide bonds. The Balaban J connectivity index is 1.42. The smallest absolute Gasteiger partial charge is 0.402 e. The average Bonchev–Trinajstić information content (AvgIpc) is 3.53. The zero-order chi connectivity index (χ0) is 26.3. The molecule has 1 spiro atoms. The molecule has 5 aliphatic rings. The summed E-state index contributed by atoms with van der Waals surface area (Å²) in [7, 11) is -5.80. The van der Waals surface area contributed by atoms with Crippen LogP contribution in [-0.2, 0) is 34.6 Å². The van der Waals surface area contributed by atoms with Crippen molar-refractivity contribution in [2.45, 2.75) is 39.5 Å². The van der Waals surface area contributed by atoms with E-state index in [4.69, 9.17) is 14.0 Å². The van der Waals surface area contributed by atoms with Gasteiger partial charge in [-0.25, -0.2) is 0 Å². The zero-order valence-corrected chi connectivity index (χ0v) is 22.1. The van der Waals surface area contributed by atoms with Gasteiger partial charge in [0.05, 0.1) is 17.3 Å². The Bertz CT molecular complexity index is 1470. The molecule has 194 valence electrons. The van der Waals surface area contributed by atoms with Gasteiger partial charge in [-0.15, -0.1) is 0 Å². The fraction of sp³-hybridized carbons (Fsp3) is 0.385. The van der Waals surface area contributed by atoms with Crippen LogP contribution in [0, 0.1) is 11.8 Å². The lowest BCUT2D eigenvalue weighted by Gasteiger charge is -2.47. The van der Waals surface area contributed by atoms with Crippen molar-refractivity contribution in [2.24, 2.45) is 11.8 Å².